The van der Waals surface area contributed by atoms with Crippen molar-refractivity contribution in [1.29, 1.82) is 0 Å². The number of aromatic nitrogens is 2. The minimum atomic E-state index is -0.970. The van der Waals surface area contributed by atoms with Crippen LogP contribution in [0.2, 0.25) is 0 Å². The average molecular weight is 227 g/mol. The fourth-order valence-corrected chi connectivity index (χ4v) is 1.28. The second-order valence-corrected chi connectivity index (χ2v) is 4.91. The molecule has 0 aliphatic rings. The van der Waals surface area contributed by atoms with Crippen molar-refractivity contribution < 1.29 is 9.63 Å². The van der Waals surface area contributed by atoms with Crippen LogP contribution in [0.5, 0.6) is 0 Å². The highest BCUT2D eigenvalue weighted by Crippen LogP contribution is 2.11. The van der Waals surface area contributed by atoms with Crippen molar-refractivity contribution >= 4 is 0 Å². The Morgan fingerprint density at radius 1 is 1.50 bits per heavy atom. The molecule has 0 fully saturated rings. The number of aliphatic hydroxyl groups is 1. The third-order valence-electron chi connectivity index (χ3n) is 2.43. The third kappa shape index (κ3) is 4.28. The number of rotatable bonds is 6. The molecule has 1 atom stereocenters. The van der Waals surface area contributed by atoms with Gasteiger partial charge in [0.15, 0.2) is 5.82 Å². The van der Waals surface area contributed by atoms with Gasteiger partial charge in [-0.05, 0) is 19.3 Å². The lowest BCUT2D eigenvalue weighted by Gasteiger charge is -2.17. The fraction of sp³-hybridized carbons (Fsp3) is 0.818. The lowest BCUT2D eigenvalue weighted by atomic mass is 10.0. The van der Waals surface area contributed by atoms with Gasteiger partial charge in [0.2, 0.25) is 5.89 Å². The van der Waals surface area contributed by atoms with Gasteiger partial charge in [-0.25, -0.2) is 0 Å². The maximum atomic E-state index is 9.75. The van der Waals surface area contributed by atoms with E-state index in [2.05, 4.69) is 24.0 Å². The van der Waals surface area contributed by atoms with E-state index in [0.717, 1.165) is 12.8 Å². The highest BCUT2D eigenvalue weighted by Gasteiger charge is 2.22. The van der Waals surface area contributed by atoms with Crippen molar-refractivity contribution in [2.45, 2.75) is 45.6 Å². The van der Waals surface area contributed by atoms with Gasteiger partial charge >= 0.3 is 0 Å². The molecule has 0 bridgehead atoms. The lowest BCUT2D eigenvalue weighted by Crippen LogP contribution is -2.36. The number of nitrogens with zero attached hydrogens (tertiary/aromatic N) is 2. The zero-order valence-corrected chi connectivity index (χ0v) is 10.2. The molecule has 0 aromatic carbocycles. The number of aryl methyl sites for hydroxylation is 1. The quantitative estimate of drug-likeness (QED) is 0.754. The average Bonchev–Trinajstić information content (AvgIpc) is 2.62. The van der Waals surface area contributed by atoms with Gasteiger partial charge in [-0.2, -0.15) is 4.98 Å². The molecule has 1 aromatic heterocycles. The SMILES string of the molecule is CC(C)CCc1noc(CC(C)(O)CN)n1. The first-order valence-corrected chi connectivity index (χ1v) is 5.67. The molecule has 3 N–H and O–H groups in total. The van der Waals surface area contributed by atoms with Gasteiger partial charge in [0.05, 0.1) is 12.0 Å². The van der Waals surface area contributed by atoms with E-state index in [-0.39, 0.29) is 6.54 Å². The highest BCUT2D eigenvalue weighted by molar-refractivity contribution is 4.92. The molecule has 1 unspecified atom stereocenters. The normalized spacial score (nSPS) is 15.4. The zero-order chi connectivity index (χ0) is 12.2. The maximum Gasteiger partial charge on any atom is 0.229 e. The van der Waals surface area contributed by atoms with E-state index in [1.54, 1.807) is 6.92 Å². The van der Waals surface area contributed by atoms with Gasteiger partial charge in [0, 0.05) is 13.0 Å². The maximum absolute atomic E-state index is 9.75. The topological polar surface area (TPSA) is 85.2 Å². The van der Waals surface area contributed by atoms with Crippen LogP contribution in [0.1, 0.15) is 38.9 Å². The predicted molar refractivity (Wildman–Crippen MR) is 60.8 cm³/mol. The minimum absolute atomic E-state index is 0.177. The molecule has 16 heavy (non-hydrogen) atoms. The number of hydrogen-bond acceptors (Lipinski definition) is 5. The van der Waals surface area contributed by atoms with Crippen molar-refractivity contribution in [2.24, 2.45) is 11.7 Å². The van der Waals surface area contributed by atoms with E-state index in [1.807, 2.05) is 0 Å². The Labute approximate surface area is 96.0 Å². The second-order valence-electron chi connectivity index (χ2n) is 4.91. The van der Waals surface area contributed by atoms with E-state index in [9.17, 15) is 5.11 Å². The molecule has 1 heterocycles. The zero-order valence-electron chi connectivity index (χ0n) is 10.2. The van der Waals surface area contributed by atoms with Crippen LogP contribution in [0, 0.1) is 5.92 Å². The predicted octanol–water partition coefficient (Wildman–Crippen LogP) is 0.910. The van der Waals surface area contributed by atoms with E-state index in [4.69, 9.17) is 10.3 Å². The van der Waals surface area contributed by atoms with Crippen LogP contribution in [-0.2, 0) is 12.8 Å². The number of nitrogens with two attached hydrogens (primary N) is 1. The monoisotopic (exact) mass is 227 g/mol. The van der Waals surface area contributed by atoms with Crippen LogP contribution in [0.25, 0.3) is 0 Å². The van der Waals surface area contributed by atoms with E-state index >= 15 is 0 Å². The van der Waals surface area contributed by atoms with Crippen LogP contribution < -0.4 is 5.73 Å². The molecule has 0 amide bonds. The van der Waals surface area contributed by atoms with E-state index < -0.39 is 5.60 Å². The molecule has 0 saturated carbocycles. The minimum Gasteiger partial charge on any atom is -0.388 e. The van der Waals surface area contributed by atoms with Crippen molar-refractivity contribution in [3.05, 3.63) is 11.7 Å². The van der Waals surface area contributed by atoms with Crippen LogP contribution >= 0.6 is 0 Å². The van der Waals surface area contributed by atoms with Crippen LogP contribution in [0.4, 0.5) is 0 Å². The first kappa shape index (κ1) is 13.1. The van der Waals surface area contributed by atoms with Crippen LogP contribution in [-0.4, -0.2) is 27.4 Å². The summed E-state index contributed by atoms with van der Waals surface area (Å²) in [5, 5.41) is 13.6. The Morgan fingerprint density at radius 3 is 2.75 bits per heavy atom. The van der Waals surface area contributed by atoms with Crippen molar-refractivity contribution in [3.8, 4) is 0 Å². The van der Waals surface area contributed by atoms with E-state index in [1.165, 1.54) is 0 Å². The first-order chi connectivity index (χ1) is 7.43. The lowest BCUT2D eigenvalue weighted by molar-refractivity contribution is 0.0610. The Morgan fingerprint density at radius 2 is 2.19 bits per heavy atom. The fourth-order valence-electron chi connectivity index (χ4n) is 1.28. The van der Waals surface area contributed by atoms with Gasteiger partial charge < -0.3 is 15.4 Å². The summed E-state index contributed by atoms with van der Waals surface area (Å²) < 4.78 is 5.06. The Bertz CT molecular complexity index is 321. The van der Waals surface area contributed by atoms with Gasteiger partial charge in [-0.3, -0.25) is 0 Å². The molecule has 5 nitrogen and oxygen atoms in total. The standard InChI is InChI=1S/C11H21N3O2/c1-8(2)4-5-9-13-10(16-14-9)6-11(3,15)7-12/h8,15H,4-7,12H2,1-3H3. The Hall–Kier alpha value is -0.940. The summed E-state index contributed by atoms with van der Waals surface area (Å²) in [5.41, 5.74) is 4.45. The molecule has 1 rings (SSSR count). The summed E-state index contributed by atoms with van der Waals surface area (Å²) in [4.78, 5) is 4.22. The Balaban J connectivity index is 2.51. The summed E-state index contributed by atoms with van der Waals surface area (Å²) in [5.74, 6) is 1.78. The molecular weight excluding hydrogens is 206 g/mol. The molecule has 92 valence electrons. The van der Waals surface area contributed by atoms with Crippen LogP contribution in [0.15, 0.2) is 4.52 Å². The molecule has 0 saturated heterocycles. The summed E-state index contributed by atoms with van der Waals surface area (Å²) in [6.07, 6.45) is 2.15. The molecule has 0 aliphatic heterocycles. The largest absolute Gasteiger partial charge is 0.388 e. The summed E-state index contributed by atoms with van der Waals surface area (Å²) >= 11 is 0. The third-order valence-corrected chi connectivity index (χ3v) is 2.43. The van der Waals surface area contributed by atoms with Crippen LogP contribution in [0.3, 0.4) is 0 Å². The van der Waals surface area contributed by atoms with Crippen molar-refractivity contribution in [3.63, 3.8) is 0 Å². The summed E-state index contributed by atoms with van der Waals surface area (Å²) in [6, 6.07) is 0. The van der Waals surface area contributed by atoms with Gasteiger partial charge in [0.1, 0.15) is 0 Å². The highest BCUT2D eigenvalue weighted by atomic mass is 16.5. The second kappa shape index (κ2) is 5.41. The summed E-state index contributed by atoms with van der Waals surface area (Å²) in [6.45, 7) is 6.14. The number of hydrogen-bond donors (Lipinski definition) is 2. The molecule has 0 spiro atoms. The Kier molecular flexibility index (Phi) is 4.44. The van der Waals surface area contributed by atoms with Crippen molar-refractivity contribution in [1.82, 2.24) is 10.1 Å². The molecule has 0 radical (unpaired) electrons. The van der Waals surface area contributed by atoms with Gasteiger partial charge in [-0.15, -0.1) is 0 Å². The van der Waals surface area contributed by atoms with Crippen molar-refractivity contribution in [2.75, 3.05) is 6.54 Å². The van der Waals surface area contributed by atoms with Gasteiger partial charge in [0.25, 0.3) is 0 Å². The van der Waals surface area contributed by atoms with E-state index in [0.29, 0.717) is 24.1 Å². The van der Waals surface area contributed by atoms with Gasteiger partial charge in [-0.1, -0.05) is 19.0 Å². The molecule has 5 heteroatoms. The molecular formula is C11H21N3O2. The molecule has 1 aromatic rings. The first-order valence-electron chi connectivity index (χ1n) is 5.67. The smallest absolute Gasteiger partial charge is 0.229 e. The molecule has 0 aliphatic carbocycles. The summed E-state index contributed by atoms with van der Waals surface area (Å²) in [7, 11) is 0.